The lowest BCUT2D eigenvalue weighted by Gasteiger charge is -2.16. The zero-order valence-corrected chi connectivity index (χ0v) is 13.9. The molecule has 102 valence electrons. The Balaban J connectivity index is 2.47. The highest BCUT2D eigenvalue weighted by Crippen LogP contribution is 2.21. The van der Waals surface area contributed by atoms with Crippen LogP contribution in [0.1, 0.15) is 37.4 Å². The smallest absolute Gasteiger partial charge is 0.0329 e. The van der Waals surface area contributed by atoms with Crippen molar-refractivity contribution in [1.29, 1.82) is 0 Å². The molecule has 0 bridgehead atoms. The summed E-state index contributed by atoms with van der Waals surface area (Å²) in [6.07, 6.45) is 2.72. The predicted octanol–water partition coefficient (Wildman–Crippen LogP) is 3.57. The van der Waals surface area contributed by atoms with E-state index in [4.69, 9.17) is 0 Å². The fraction of sp³-hybridized carbons (Fsp3) is 0.571. The van der Waals surface area contributed by atoms with E-state index >= 15 is 0 Å². The Labute approximate surface area is 121 Å². The molecule has 1 aromatic carbocycles. The molecular formula is C14H22BrNOS. The van der Waals surface area contributed by atoms with Gasteiger partial charge in [-0.1, -0.05) is 35.0 Å². The molecule has 1 rings (SSSR count). The molecule has 0 aliphatic heterocycles. The zero-order valence-electron chi connectivity index (χ0n) is 11.5. The lowest BCUT2D eigenvalue weighted by Crippen LogP contribution is -2.24. The van der Waals surface area contributed by atoms with Crippen LogP contribution in [-0.2, 0) is 10.8 Å². The van der Waals surface area contributed by atoms with Crippen LogP contribution in [0.25, 0.3) is 0 Å². The molecule has 0 saturated carbocycles. The summed E-state index contributed by atoms with van der Waals surface area (Å²) in [6, 6.07) is 6.75. The Bertz CT molecular complexity index is 422. The topological polar surface area (TPSA) is 29.1 Å². The second kappa shape index (κ2) is 7.41. The maximum atomic E-state index is 11.2. The third-order valence-electron chi connectivity index (χ3n) is 3.25. The van der Waals surface area contributed by atoms with Gasteiger partial charge in [0, 0.05) is 32.8 Å². The van der Waals surface area contributed by atoms with Crippen LogP contribution in [-0.4, -0.2) is 22.3 Å². The second-order valence-corrected chi connectivity index (χ2v) is 7.44. The fourth-order valence-corrected chi connectivity index (χ4v) is 2.42. The molecule has 0 unspecified atom stereocenters. The third-order valence-corrected chi connectivity index (χ3v) is 5.51. The fourth-order valence-electron chi connectivity index (χ4n) is 1.72. The first-order valence-electron chi connectivity index (χ1n) is 6.23. The lowest BCUT2D eigenvalue weighted by molar-refractivity contribution is 0.553. The number of nitrogens with one attached hydrogen (secondary N) is 1. The third kappa shape index (κ3) is 4.82. The summed E-state index contributed by atoms with van der Waals surface area (Å²) < 4.78 is 12.4. The van der Waals surface area contributed by atoms with E-state index in [1.165, 1.54) is 11.1 Å². The van der Waals surface area contributed by atoms with Gasteiger partial charge in [-0.05, 0) is 44.0 Å². The van der Waals surface area contributed by atoms with Crippen LogP contribution in [0.5, 0.6) is 0 Å². The summed E-state index contributed by atoms with van der Waals surface area (Å²) in [5.41, 5.74) is 2.55. The van der Waals surface area contributed by atoms with E-state index in [9.17, 15) is 4.21 Å². The van der Waals surface area contributed by atoms with Gasteiger partial charge in [-0.25, -0.2) is 0 Å². The Morgan fingerprint density at radius 1 is 1.39 bits per heavy atom. The van der Waals surface area contributed by atoms with E-state index < -0.39 is 10.8 Å². The van der Waals surface area contributed by atoms with Crippen LogP contribution < -0.4 is 5.32 Å². The summed E-state index contributed by atoms with van der Waals surface area (Å²) in [6.45, 7) is 7.20. The van der Waals surface area contributed by atoms with Crippen molar-refractivity contribution in [3.63, 3.8) is 0 Å². The first-order chi connectivity index (χ1) is 8.41. The van der Waals surface area contributed by atoms with Crippen LogP contribution in [0.2, 0.25) is 0 Å². The Morgan fingerprint density at radius 2 is 2.06 bits per heavy atom. The van der Waals surface area contributed by atoms with Crippen LogP contribution >= 0.6 is 15.9 Å². The van der Waals surface area contributed by atoms with E-state index in [-0.39, 0.29) is 5.25 Å². The van der Waals surface area contributed by atoms with Crippen molar-refractivity contribution < 1.29 is 4.21 Å². The molecule has 4 heteroatoms. The molecular weight excluding hydrogens is 310 g/mol. The van der Waals surface area contributed by atoms with Crippen molar-refractivity contribution >= 4 is 26.7 Å². The van der Waals surface area contributed by atoms with E-state index in [0.717, 1.165) is 17.4 Å². The molecule has 0 spiro atoms. The maximum absolute atomic E-state index is 11.2. The molecule has 2 nitrogen and oxygen atoms in total. The van der Waals surface area contributed by atoms with E-state index in [1.807, 2.05) is 6.92 Å². The summed E-state index contributed by atoms with van der Waals surface area (Å²) in [5.74, 6) is 0. The van der Waals surface area contributed by atoms with Gasteiger partial charge in [0.1, 0.15) is 0 Å². The van der Waals surface area contributed by atoms with Crippen molar-refractivity contribution in [2.75, 3.05) is 12.8 Å². The van der Waals surface area contributed by atoms with Crippen LogP contribution in [0, 0.1) is 6.92 Å². The van der Waals surface area contributed by atoms with Crippen LogP contribution in [0.4, 0.5) is 0 Å². The highest BCUT2D eigenvalue weighted by molar-refractivity contribution is 9.10. The van der Waals surface area contributed by atoms with Crippen LogP contribution in [0.3, 0.4) is 0 Å². The van der Waals surface area contributed by atoms with E-state index in [2.05, 4.69) is 53.3 Å². The number of hydrogen-bond donors (Lipinski definition) is 1. The van der Waals surface area contributed by atoms with Crippen LogP contribution in [0.15, 0.2) is 22.7 Å². The molecule has 1 aromatic rings. The standard InChI is InChI=1S/C14H22BrNOS/c1-10-9-13(5-6-14(10)15)12(3)16-8-7-11(2)18(4)17/h5-6,9,11-12,16H,7-8H2,1-4H3/t11-,12-,18-/m0/s1. The summed E-state index contributed by atoms with van der Waals surface area (Å²) >= 11 is 3.51. The minimum absolute atomic E-state index is 0.261. The number of aryl methyl sites for hydroxylation is 1. The highest BCUT2D eigenvalue weighted by atomic mass is 79.9. The molecule has 18 heavy (non-hydrogen) atoms. The Hall–Kier alpha value is -0.190. The predicted molar refractivity (Wildman–Crippen MR) is 83.4 cm³/mol. The number of halogens is 1. The first-order valence-corrected chi connectivity index (χ1v) is 8.65. The maximum Gasteiger partial charge on any atom is 0.0329 e. The van der Waals surface area contributed by atoms with Crippen molar-refractivity contribution in [1.82, 2.24) is 5.32 Å². The minimum Gasteiger partial charge on any atom is -0.310 e. The quantitative estimate of drug-likeness (QED) is 0.863. The second-order valence-electron chi connectivity index (χ2n) is 4.78. The van der Waals surface area contributed by atoms with Gasteiger partial charge in [0.25, 0.3) is 0 Å². The summed E-state index contributed by atoms with van der Waals surface area (Å²) in [4.78, 5) is 0. The molecule has 0 aliphatic rings. The van der Waals surface area contributed by atoms with Gasteiger partial charge >= 0.3 is 0 Å². The van der Waals surface area contributed by atoms with Gasteiger partial charge in [0.05, 0.1) is 0 Å². The molecule has 0 radical (unpaired) electrons. The molecule has 0 heterocycles. The molecule has 0 amide bonds. The van der Waals surface area contributed by atoms with Crippen molar-refractivity contribution in [3.05, 3.63) is 33.8 Å². The molecule has 1 N–H and O–H groups in total. The Kier molecular flexibility index (Phi) is 6.53. The van der Waals surface area contributed by atoms with E-state index in [1.54, 1.807) is 6.26 Å². The van der Waals surface area contributed by atoms with Gasteiger partial charge in [-0.2, -0.15) is 0 Å². The van der Waals surface area contributed by atoms with Crippen molar-refractivity contribution in [2.24, 2.45) is 0 Å². The largest absolute Gasteiger partial charge is 0.310 e. The SMILES string of the molecule is Cc1cc([C@H](C)NCC[C@H](C)[S@](C)=O)ccc1Br. The normalized spacial score (nSPS) is 16.3. The van der Waals surface area contributed by atoms with E-state index in [0.29, 0.717) is 6.04 Å². The summed E-state index contributed by atoms with van der Waals surface area (Å²) in [5, 5.41) is 3.74. The number of rotatable bonds is 6. The van der Waals surface area contributed by atoms with Gasteiger partial charge < -0.3 is 5.32 Å². The average Bonchev–Trinajstić information content (AvgIpc) is 2.32. The molecule has 3 atom stereocenters. The molecule has 0 aromatic heterocycles. The number of benzene rings is 1. The Morgan fingerprint density at radius 3 is 2.61 bits per heavy atom. The van der Waals surface area contributed by atoms with Gasteiger partial charge in [-0.15, -0.1) is 0 Å². The van der Waals surface area contributed by atoms with Gasteiger partial charge in [-0.3, -0.25) is 4.21 Å². The minimum atomic E-state index is -0.722. The summed E-state index contributed by atoms with van der Waals surface area (Å²) in [7, 11) is -0.722. The molecule has 0 saturated heterocycles. The van der Waals surface area contributed by atoms with Gasteiger partial charge in [0.15, 0.2) is 0 Å². The average molecular weight is 332 g/mol. The van der Waals surface area contributed by atoms with Gasteiger partial charge in [0.2, 0.25) is 0 Å². The zero-order chi connectivity index (χ0) is 13.7. The number of hydrogen-bond acceptors (Lipinski definition) is 2. The molecule has 0 aliphatic carbocycles. The monoisotopic (exact) mass is 331 g/mol. The first kappa shape index (κ1) is 15.9. The van der Waals surface area contributed by atoms with Crippen molar-refractivity contribution in [3.8, 4) is 0 Å². The highest BCUT2D eigenvalue weighted by Gasteiger charge is 2.09. The van der Waals surface area contributed by atoms with Crippen molar-refractivity contribution in [2.45, 2.75) is 38.5 Å². The lowest BCUT2D eigenvalue weighted by atomic mass is 10.1. The molecule has 0 fully saturated rings.